The van der Waals surface area contributed by atoms with Gasteiger partial charge in [-0.05, 0) is 51.0 Å². The van der Waals surface area contributed by atoms with Crippen molar-refractivity contribution in [2.24, 2.45) is 5.73 Å². The molecule has 104 valence electrons. The molecule has 0 saturated carbocycles. The summed E-state index contributed by atoms with van der Waals surface area (Å²) in [5, 5.41) is 0. The maximum Gasteiger partial charge on any atom is 0.249 e. The number of piperidine rings is 1. The van der Waals surface area contributed by atoms with Crippen LogP contribution >= 0.6 is 0 Å². The van der Waals surface area contributed by atoms with E-state index in [2.05, 4.69) is 11.9 Å². The molecule has 0 aromatic heterocycles. The average Bonchev–Trinajstić information content (AvgIpc) is 2.39. The molecule has 4 N–H and O–H groups in total. The summed E-state index contributed by atoms with van der Waals surface area (Å²) >= 11 is 0. The predicted octanol–water partition coefficient (Wildman–Crippen LogP) is 1.19. The molecule has 0 bridgehead atoms. The highest BCUT2D eigenvalue weighted by Gasteiger charge is 2.26. The molecule has 5 heteroatoms. The number of nitrogens with zero attached hydrogens (tertiary/aromatic N) is 1. The van der Waals surface area contributed by atoms with Crippen LogP contribution in [0.5, 0.6) is 5.75 Å². The topological polar surface area (TPSA) is 81.6 Å². The van der Waals surface area contributed by atoms with E-state index in [1.54, 1.807) is 19.2 Å². The van der Waals surface area contributed by atoms with Gasteiger partial charge in [-0.3, -0.25) is 4.79 Å². The summed E-state index contributed by atoms with van der Waals surface area (Å²) in [5.41, 5.74) is 13.4. The van der Waals surface area contributed by atoms with Crippen LogP contribution in [0.4, 0.5) is 5.69 Å². The number of anilines is 1. The molecule has 1 aliphatic rings. The molecule has 1 aromatic rings. The summed E-state index contributed by atoms with van der Waals surface area (Å²) in [5.74, 6) is 0.454. The van der Waals surface area contributed by atoms with Crippen LogP contribution in [-0.2, 0) is 0 Å². The number of benzene rings is 1. The Balaban J connectivity index is 2.46. The number of methoxy groups -OCH3 is 1. The summed E-state index contributed by atoms with van der Waals surface area (Å²) < 4.78 is 5.40. The van der Waals surface area contributed by atoms with Crippen LogP contribution in [0.2, 0.25) is 0 Å². The summed E-state index contributed by atoms with van der Waals surface area (Å²) in [4.78, 5) is 13.9. The Hall–Kier alpha value is -1.75. The number of carbonyl (C=O) groups excluding carboxylic acids is 1. The van der Waals surface area contributed by atoms with Gasteiger partial charge in [-0.1, -0.05) is 0 Å². The third-order valence-corrected chi connectivity index (χ3v) is 3.82. The zero-order valence-electron chi connectivity index (χ0n) is 11.5. The number of nitrogen functional groups attached to an aromatic ring is 1. The fourth-order valence-electron chi connectivity index (χ4n) is 2.76. The lowest BCUT2D eigenvalue weighted by atomic mass is 9.85. The molecule has 5 nitrogen and oxygen atoms in total. The first-order valence-electron chi connectivity index (χ1n) is 6.49. The summed E-state index contributed by atoms with van der Waals surface area (Å²) in [6, 6.07) is 3.38. The van der Waals surface area contributed by atoms with Gasteiger partial charge in [0.05, 0.1) is 12.8 Å². The van der Waals surface area contributed by atoms with Crippen LogP contribution in [0.1, 0.15) is 34.7 Å². The number of hydrogen-bond acceptors (Lipinski definition) is 4. The van der Waals surface area contributed by atoms with Gasteiger partial charge >= 0.3 is 0 Å². The number of primary amides is 1. The van der Waals surface area contributed by atoms with Gasteiger partial charge in [-0.15, -0.1) is 0 Å². The number of nitrogens with two attached hydrogens (primary N) is 2. The first-order chi connectivity index (χ1) is 9.04. The highest BCUT2D eigenvalue weighted by Crippen LogP contribution is 2.39. The number of carbonyl (C=O) groups is 1. The lowest BCUT2D eigenvalue weighted by Gasteiger charge is -2.31. The van der Waals surface area contributed by atoms with Gasteiger partial charge in [0.25, 0.3) is 0 Å². The van der Waals surface area contributed by atoms with E-state index in [4.69, 9.17) is 16.2 Å². The first-order valence-corrected chi connectivity index (χ1v) is 6.49. The number of ether oxygens (including phenoxy) is 1. The van der Waals surface area contributed by atoms with Crippen molar-refractivity contribution in [1.82, 2.24) is 4.90 Å². The SMILES string of the molecule is COc1c(N)ccc(C(N)=O)c1C1CCN(C)CC1. The molecule has 0 spiro atoms. The van der Waals surface area contributed by atoms with Gasteiger partial charge in [-0.2, -0.15) is 0 Å². The minimum Gasteiger partial charge on any atom is -0.494 e. The Morgan fingerprint density at radius 3 is 2.53 bits per heavy atom. The second kappa shape index (κ2) is 5.48. The van der Waals surface area contributed by atoms with Crippen LogP contribution in [0.15, 0.2) is 12.1 Å². The van der Waals surface area contributed by atoms with Crippen LogP contribution < -0.4 is 16.2 Å². The third kappa shape index (κ3) is 2.66. The molecule has 1 amide bonds. The van der Waals surface area contributed by atoms with Crippen LogP contribution in [0.25, 0.3) is 0 Å². The maximum atomic E-state index is 11.6. The van der Waals surface area contributed by atoms with Gasteiger partial charge < -0.3 is 21.1 Å². The lowest BCUT2D eigenvalue weighted by molar-refractivity contribution is 0.0998. The highest BCUT2D eigenvalue weighted by molar-refractivity contribution is 5.96. The summed E-state index contributed by atoms with van der Waals surface area (Å²) in [6.45, 7) is 2.00. The van der Waals surface area contributed by atoms with Gasteiger partial charge in [-0.25, -0.2) is 0 Å². The average molecular weight is 263 g/mol. The van der Waals surface area contributed by atoms with Crippen molar-refractivity contribution in [3.05, 3.63) is 23.3 Å². The molecule has 0 radical (unpaired) electrons. The zero-order valence-corrected chi connectivity index (χ0v) is 11.5. The van der Waals surface area contributed by atoms with Crippen molar-refractivity contribution in [3.8, 4) is 5.75 Å². The first kappa shape index (κ1) is 13.7. The van der Waals surface area contributed by atoms with Crippen molar-refractivity contribution in [1.29, 1.82) is 0 Å². The van der Waals surface area contributed by atoms with Crippen LogP contribution in [0.3, 0.4) is 0 Å². The van der Waals surface area contributed by atoms with Gasteiger partial charge in [0.1, 0.15) is 5.75 Å². The van der Waals surface area contributed by atoms with Gasteiger partial charge in [0, 0.05) is 11.1 Å². The molecule has 0 unspecified atom stereocenters. The Kier molecular flexibility index (Phi) is 3.95. The Labute approximate surface area is 113 Å². The Bertz CT molecular complexity index is 480. The van der Waals surface area contributed by atoms with Crippen molar-refractivity contribution >= 4 is 11.6 Å². The third-order valence-electron chi connectivity index (χ3n) is 3.82. The molecule has 19 heavy (non-hydrogen) atoms. The van der Waals surface area contributed by atoms with E-state index < -0.39 is 5.91 Å². The van der Waals surface area contributed by atoms with E-state index in [0.717, 1.165) is 31.5 Å². The summed E-state index contributed by atoms with van der Waals surface area (Å²) in [6.07, 6.45) is 1.97. The van der Waals surface area contributed by atoms with Gasteiger partial charge in [0.15, 0.2) is 0 Å². The molecular formula is C14H21N3O2. The van der Waals surface area contributed by atoms with Crippen molar-refractivity contribution < 1.29 is 9.53 Å². The van der Waals surface area contributed by atoms with E-state index in [-0.39, 0.29) is 5.92 Å². The molecule has 0 atom stereocenters. The van der Waals surface area contributed by atoms with Crippen molar-refractivity contribution in [2.75, 3.05) is 33.0 Å². The fourth-order valence-corrected chi connectivity index (χ4v) is 2.76. The highest BCUT2D eigenvalue weighted by atomic mass is 16.5. The van der Waals surface area contributed by atoms with Crippen LogP contribution in [-0.4, -0.2) is 38.1 Å². The molecule has 1 aliphatic heterocycles. The standard InChI is InChI=1S/C14H21N3O2/c1-17-7-5-9(6-8-17)12-10(14(16)18)3-4-11(15)13(12)19-2/h3-4,9H,5-8,15H2,1-2H3,(H2,16,18). The van der Waals surface area contributed by atoms with Crippen molar-refractivity contribution in [2.45, 2.75) is 18.8 Å². The van der Waals surface area contributed by atoms with Crippen molar-refractivity contribution in [3.63, 3.8) is 0 Å². The monoisotopic (exact) mass is 263 g/mol. The van der Waals surface area contributed by atoms with E-state index in [0.29, 0.717) is 17.0 Å². The summed E-state index contributed by atoms with van der Waals surface area (Å²) in [7, 11) is 3.68. The largest absolute Gasteiger partial charge is 0.494 e. The molecule has 0 aliphatic carbocycles. The second-order valence-electron chi connectivity index (χ2n) is 5.09. The number of likely N-dealkylation sites (tertiary alicyclic amines) is 1. The van der Waals surface area contributed by atoms with E-state index in [1.807, 2.05) is 0 Å². The molecule has 1 heterocycles. The number of rotatable bonds is 3. The second-order valence-corrected chi connectivity index (χ2v) is 5.09. The van der Waals surface area contributed by atoms with E-state index in [9.17, 15) is 4.79 Å². The quantitative estimate of drug-likeness (QED) is 0.802. The van der Waals surface area contributed by atoms with E-state index >= 15 is 0 Å². The molecule has 1 aromatic carbocycles. The molecule has 1 saturated heterocycles. The fraction of sp³-hybridized carbons (Fsp3) is 0.500. The van der Waals surface area contributed by atoms with Crippen LogP contribution in [0, 0.1) is 0 Å². The molecule has 2 rings (SSSR count). The smallest absolute Gasteiger partial charge is 0.249 e. The Morgan fingerprint density at radius 2 is 2.00 bits per heavy atom. The zero-order chi connectivity index (χ0) is 14.0. The minimum absolute atomic E-state index is 0.275. The van der Waals surface area contributed by atoms with Gasteiger partial charge in [0.2, 0.25) is 5.91 Å². The minimum atomic E-state index is -0.424. The molecule has 1 fully saturated rings. The van der Waals surface area contributed by atoms with E-state index in [1.165, 1.54) is 0 Å². The normalized spacial score (nSPS) is 17.4. The lowest BCUT2D eigenvalue weighted by Crippen LogP contribution is -2.30. The predicted molar refractivity (Wildman–Crippen MR) is 75.4 cm³/mol. The maximum absolute atomic E-state index is 11.6. The molecular weight excluding hydrogens is 242 g/mol. The Morgan fingerprint density at radius 1 is 1.37 bits per heavy atom. The number of amides is 1. The number of hydrogen-bond donors (Lipinski definition) is 2.